The van der Waals surface area contributed by atoms with Gasteiger partial charge in [0.2, 0.25) is 0 Å². The zero-order valence-corrected chi connectivity index (χ0v) is 13.2. The third-order valence-electron chi connectivity index (χ3n) is 5.81. The van der Waals surface area contributed by atoms with Gasteiger partial charge in [0, 0.05) is 25.2 Å². The van der Waals surface area contributed by atoms with Crippen molar-refractivity contribution in [3.05, 3.63) is 0 Å². The Hall–Kier alpha value is -0.120. The molecule has 116 valence electrons. The quantitative estimate of drug-likeness (QED) is 0.857. The molecular formula is C17H32N2O. The molecule has 0 amide bonds. The van der Waals surface area contributed by atoms with Crippen molar-refractivity contribution in [3.8, 4) is 0 Å². The molecule has 1 heterocycles. The van der Waals surface area contributed by atoms with Crippen LogP contribution in [0.5, 0.6) is 0 Å². The van der Waals surface area contributed by atoms with Crippen molar-refractivity contribution in [2.75, 3.05) is 20.2 Å². The maximum absolute atomic E-state index is 5.48. The fraction of sp³-hybridized carbons (Fsp3) is 1.00. The van der Waals surface area contributed by atoms with E-state index in [4.69, 9.17) is 4.74 Å². The molecule has 2 aliphatic carbocycles. The highest BCUT2D eigenvalue weighted by Crippen LogP contribution is 2.27. The zero-order chi connectivity index (χ0) is 13.8. The van der Waals surface area contributed by atoms with E-state index in [1.165, 1.54) is 77.3 Å². The molecule has 3 rings (SSSR count). The van der Waals surface area contributed by atoms with Crippen LogP contribution in [0.15, 0.2) is 0 Å². The van der Waals surface area contributed by atoms with Gasteiger partial charge in [0.1, 0.15) is 0 Å². The van der Waals surface area contributed by atoms with E-state index in [0.29, 0.717) is 12.1 Å². The van der Waals surface area contributed by atoms with Crippen molar-refractivity contribution in [3.63, 3.8) is 0 Å². The predicted octanol–water partition coefficient (Wildman–Crippen LogP) is 2.94. The fourth-order valence-electron chi connectivity index (χ4n) is 4.52. The highest BCUT2D eigenvalue weighted by atomic mass is 16.5. The molecule has 0 radical (unpaired) electrons. The SMILES string of the molecule is CO[C@@H]1CC[C@H](NC2CCN(C3CCCCC3)CC2)C1. The van der Waals surface area contributed by atoms with Gasteiger partial charge in [-0.2, -0.15) is 0 Å². The van der Waals surface area contributed by atoms with E-state index in [9.17, 15) is 0 Å². The van der Waals surface area contributed by atoms with E-state index in [2.05, 4.69) is 10.2 Å². The lowest BCUT2D eigenvalue weighted by Crippen LogP contribution is -2.49. The molecule has 20 heavy (non-hydrogen) atoms. The highest BCUT2D eigenvalue weighted by molar-refractivity contribution is 4.88. The molecule has 0 aromatic heterocycles. The third kappa shape index (κ3) is 3.75. The standard InChI is InChI=1S/C17H32N2O/c1-20-17-8-7-15(13-17)18-14-9-11-19(12-10-14)16-5-3-2-4-6-16/h14-18H,2-13H2,1H3/t15-,17+/m0/s1. The van der Waals surface area contributed by atoms with Crippen molar-refractivity contribution < 1.29 is 4.74 Å². The molecule has 2 saturated carbocycles. The number of nitrogens with zero attached hydrogens (tertiary/aromatic N) is 1. The van der Waals surface area contributed by atoms with Gasteiger partial charge >= 0.3 is 0 Å². The van der Waals surface area contributed by atoms with Gasteiger partial charge in [-0.05, 0) is 58.0 Å². The number of piperidine rings is 1. The number of rotatable bonds is 4. The van der Waals surface area contributed by atoms with Crippen molar-refractivity contribution in [1.29, 1.82) is 0 Å². The summed E-state index contributed by atoms with van der Waals surface area (Å²) in [6.45, 7) is 2.64. The Morgan fingerprint density at radius 3 is 2.25 bits per heavy atom. The number of nitrogens with one attached hydrogen (secondary N) is 1. The second kappa shape index (κ2) is 7.24. The molecule has 1 saturated heterocycles. The van der Waals surface area contributed by atoms with Crippen LogP contribution in [0.2, 0.25) is 0 Å². The Labute approximate surface area is 124 Å². The molecule has 0 unspecified atom stereocenters. The molecule has 3 aliphatic rings. The Morgan fingerprint density at radius 1 is 0.850 bits per heavy atom. The Bertz CT molecular complexity index is 283. The monoisotopic (exact) mass is 280 g/mol. The highest BCUT2D eigenvalue weighted by Gasteiger charge is 2.29. The van der Waals surface area contributed by atoms with E-state index in [1.807, 2.05) is 7.11 Å². The number of hydrogen-bond acceptors (Lipinski definition) is 3. The Kier molecular flexibility index (Phi) is 5.36. The maximum Gasteiger partial charge on any atom is 0.0586 e. The fourth-order valence-corrected chi connectivity index (χ4v) is 4.52. The molecule has 1 N–H and O–H groups in total. The Balaban J connectivity index is 1.38. The normalized spacial score (nSPS) is 34.6. The smallest absolute Gasteiger partial charge is 0.0586 e. The minimum atomic E-state index is 0.509. The first-order valence-electron chi connectivity index (χ1n) is 8.88. The third-order valence-corrected chi connectivity index (χ3v) is 5.81. The molecule has 3 heteroatoms. The number of ether oxygens (including phenoxy) is 1. The van der Waals surface area contributed by atoms with Gasteiger partial charge in [-0.3, -0.25) is 0 Å². The lowest BCUT2D eigenvalue weighted by atomic mass is 9.92. The van der Waals surface area contributed by atoms with Crippen molar-refractivity contribution in [1.82, 2.24) is 10.2 Å². The average molecular weight is 280 g/mol. The largest absolute Gasteiger partial charge is 0.381 e. The van der Waals surface area contributed by atoms with Gasteiger partial charge in [-0.1, -0.05) is 19.3 Å². The molecule has 1 aliphatic heterocycles. The van der Waals surface area contributed by atoms with Gasteiger partial charge in [0.25, 0.3) is 0 Å². The summed E-state index contributed by atoms with van der Waals surface area (Å²) in [5, 5.41) is 3.90. The summed E-state index contributed by atoms with van der Waals surface area (Å²) in [5.41, 5.74) is 0. The molecule has 0 aromatic rings. The van der Waals surface area contributed by atoms with E-state index in [1.54, 1.807) is 0 Å². The van der Waals surface area contributed by atoms with Crippen LogP contribution in [0, 0.1) is 0 Å². The van der Waals surface area contributed by atoms with Gasteiger partial charge < -0.3 is 15.0 Å². The molecule has 3 nitrogen and oxygen atoms in total. The number of hydrogen-bond donors (Lipinski definition) is 1. The van der Waals surface area contributed by atoms with Crippen LogP contribution in [-0.2, 0) is 4.74 Å². The van der Waals surface area contributed by atoms with E-state index in [0.717, 1.165) is 12.1 Å². The summed E-state index contributed by atoms with van der Waals surface area (Å²) in [7, 11) is 1.86. The van der Waals surface area contributed by atoms with Gasteiger partial charge in [0.05, 0.1) is 6.10 Å². The topological polar surface area (TPSA) is 24.5 Å². The summed E-state index contributed by atoms with van der Waals surface area (Å²) in [6, 6.07) is 2.38. The second-order valence-electron chi connectivity index (χ2n) is 7.14. The first-order valence-corrected chi connectivity index (χ1v) is 8.88. The van der Waals surface area contributed by atoms with Crippen molar-refractivity contribution in [2.45, 2.75) is 88.4 Å². The zero-order valence-electron chi connectivity index (χ0n) is 13.2. The van der Waals surface area contributed by atoms with Crippen LogP contribution >= 0.6 is 0 Å². The van der Waals surface area contributed by atoms with Crippen molar-refractivity contribution in [2.24, 2.45) is 0 Å². The first kappa shape index (κ1) is 14.8. The van der Waals surface area contributed by atoms with Crippen LogP contribution < -0.4 is 5.32 Å². The van der Waals surface area contributed by atoms with Gasteiger partial charge in [-0.15, -0.1) is 0 Å². The molecular weight excluding hydrogens is 248 g/mol. The van der Waals surface area contributed by atoms with Crippen LogP contribution in [-0.4, -0.2) is 49.3 Å². The predicted molar refractivity (Wildman–Crippen MR) is 83.0 cm³/mol. The van der Waals surface area contributed by atoms with E-state index in [-0.39, 0.29) is 0 Å². The van der Waals surface area contributed by atoms with Crippen LogP contribution in [0.4, 0.5) is 0 Å². The van der Waals surface area contributed by atoms with Crippen molar-refractivity contribution >= 4 is 0 Å². The lowest BCUT2D eigenvalue weighted by Gasteiger charge is -2.40. The van der Waals surface area contributed by atoms with Crippen LogP contribution in [0.1, 0.15) is 64.2 Å². The minimum absolute atomic E-state index is 0.509. The lowest BCUT2D eigenvalue weighted by molar-refractivity contribution is 0.101. The summed E-state index contributed by atoms with van der Waals surface area (Å²) >= 11 is 0. The second-order valence-corrected chi connectivity index (χ2v) is 7.14. The van der Waals surface area contributed by atoms with E-state index < -0.39 is 0 Å². The maximum atomic E-state index is 5.48. The number of likely N-dealkylation sites (tertiary alicyclic amines) is 1. The Morgan fingerprint density at radius 2 is 1.60 bits per heavy atom. The molecule has 0 bridgehead atoms. The van der Waals surface area contributed by atoms with Gasteiger partial charge in [-0.25, -0.2) is 0 Å². The molecule has 3 fully saturated rings. The molecule has 0 aromatic carbocycles. The summed E-state index contributed by atoms with van der Waals surface area (Å²) in [5.74, 6) is 0. The molecule has 2 atom stereocenters. The average Bonchev–Trinajstić information content (AvgIpc) is 2.97. The van der Waals surface area contributed by atoms with Gasteiger partial charge in [0.15, 0.2) is 0 Å². The number of methoxy groups -OCH3 is 1. The van der Waals surface area contributed by atoms with Crippen LogP contribution in [0.3, 0.4) is 0 Å². The summed E-state index contributed by atoms with van der Waals surface area (Å²) in [6.07, 6.45) is 14.3. The minimum Gasteiger partial charge on any atom is -0.381 e. The summed E-state index contributed by atoms with van der Waals surface area (Å²) < 4.78 is 5.48. The van der Waals surface area contributed by atoms with Crippen LogP contribution in [0.25, 0.3) is 0 Å². The first-order chi connectivity index (χ1) is 9.85. The molecule has 0 spiro atoms. The van der Waals surface area contributed by atoms with E-state index >= 15 is 0 Å². The summed E-state index contributed by atoms with van der Waals surface area (Å²) in [4.78, 5) is 2.78.